The van der Waals surface area contributed by atoms with E-state index in [2.05, 4.69) is 0 Å². The van der Waals surface area contributed by atoms with E-state index >= 15 is 0 Å². The van der Waals surface area contributed by atoms with Gasteiger partial charge >= 0.3 is 27.3 Å². The van der Waals surface area contributed by atoms with Gasteiger partial charge in [-0.1, -0.05) is 6.07 Å². The second-order valence-corrected chi connectivity index (χ2v) is 5.00. The molecule has 0 unspecified atom stereocenters. The third-order valence-electron chi connectivity index (χ3n) is 3.51. The van der Waals surface area contributed by atoms with E-state index in [-0.39, 0.29) is 62.5 Å². The molecule has 0 bridgehead atoms. The Hall–Kier alpha value is -1.68. The Morgan fingerprint density at radius 3 is 2.32 bits per heavy atom. The number of rotatable bonds is 1. The first-order valence-electron chi connectivity index (χ1n) is 6.37. The van der Waals surface area contributed by atoms with Crippen LogP contribution in [0.15, 0.2) is 30.3 Å². The predicted molar refractivity (Wildman–Crippen MR) is 81.2 cm³/mol. The molecule has 0 saturated heterocycles. The number of aliphatic hydroxyl groups is 1. The molecule has 3 rings (SSSR count). The van der Waals surface area contributed by atoms with Crippen LogP contribution in [0.3, 0.4) is 0 Å². The molecule has 0 spiro atoms. The summed E-state index contributed by atoms with van der Waals surface area (Å²) in [6, 6.07) is 6.67. The van der Waals surface area contributed by atoms with E-state index < -0.39 is 12.2 Å². The molecular weight excluding hydrogens is 483 g/mol. The van der Waals surface area contributed by atoms with Crippen LogP contribution in [0.4, 0.5) is 0 Å². The number of fused-ring (bicyclic) bond motifs is 1. The summed E-state index contributed by atoms with van der Waals surface area (Å²) in [4.78, 5) is 0. The molecule has 2 atom stereocenters. The van der Waals surface area contributed by atoms with Crippen molar-refractivity contribution in [1.29, 1.82) is 0 Å². The summed E-state index contributed by atoms with van der Waals surface area (Å²) >= 11 is 0. The zero-order valence-corrected chi connectivity index (χ0v) is 17.1. The monoisotopic (exact) mass is 500 g/mol. The summed E-state index contributed by atoms with van der Waals surface area (Å²) in [5.74, 6) is -0.589. The van der Waals surface area contributed by atoms with Crippen molar-refractivity contribution in [3.8, 4) is 28.7 Å². The van der Waals surface area contributed by atoms with Gasteiger partial charge in [-0.05, 0) is 17.7 Å². The van der Waals surface area contributed by atoms with Crippen LogP contribution in [0.2, 0.25) is 0 Å². The molecule has 0 fully saturated rings. The molecule has 0 aromatic heterocycles. The standard InChI is InChI=1S/C15H14O6.Pb.2H/c16-8-4-11(18)9-6-13(20)15(21-14(9)5-8)7-1-2-10(17)12(19)3-7;;;/h1-5,13,15-20H,6H2;;;/t13-,15-;;;/m1.../s1. The van der Waals surface area contributed by atoms with E-state index in [0.29, 0.717) is 11.1 Å². The summed E-state index contributed by atoms with van der Waals surface area (Å²) < 4.78 is 5.62. The Morgan fingerprint density at radius 2 is 1.64 bits per heavy atom. The summed E-state index contributed by atoms with van der Waals surface area (Å²) in [7, 11) is 0. The summed E-state index contributed by atoms with van der Waals surface area (Å²) in [6.45, 7) is 0. The molecule has 1 aliphatic heterocycles. The third-order valence-corrected chi connectivity index (χ3v) is 3.51. The van der Waals surface area contributed by atoms with Crippen LogP contribution in [0, 0.1) is 0 Å². The number of aliphatic hydroxyl groups excluding tert-OH is 1. The first-order chi connectivity index (χ1) is 9.95. The Morgan fingerprint density at radius 1 is 0.909 bits per heavy atom. The zero-order valence-electron chi connectivity index (χ0n) is 11.6. The number of phenols is 4. The average Bonchev–Trinajstić information content (AvgIpc) is 2.42. The summed E-state index contributed by atoms with van der Waals surface area (Å²) in [6.07, 6.45) is -1.56. The van der Waals surface area contributed by atoms with Crippen LogP contribution in [0.25, 0.3) is 0 Å². The Balaban J connectivity index is 0.00000176. The third kappa shape index (κ3) is 2.93. The first kappa shape index (κ1) is 16.7. The zero-order chi connectivity index (χ0) is 15.1. The van der Waals surface area contributed by atoms with Crippen molar-refractivity contribution in [3.05, 3.63) is 41.5 Å². The van der Waals surface area contributed by atoms with Crippen molar-refractivity contribution in [2.45, 2.75) is 18.6 Å². The second kappa shape index (κ2) is 6.21. The molecule has 1 heterocycles. The molecule has 22 heavy (non-hydrogen) atoms. The fourth-order valence-corrected chi connectivity index (χ4v) is 2.47. The van der Waals surface area contributed by atoms with E-state index in [1.807, 2.05) is 0 Å². The van der Waals surface area contributed by atoms with Gasteiger partial charge in [0.2, 0.25) is 0 Å². The van der Waals surface area contributed by atoms with Gasteiger partial charge in [-0.25, -0.2) is 0 Å². The van der Waals surface area contributed by atoms with Crippen LogP contribution in [0.1, 0.15) is 17.2 Å². The van der Waals surface area contributed by atoms with Crippen LogP contribution < -0.4 is 4.74 Å². The van der Waals surface area contributed by atoms with Crippen LogP contribution >= 0.6 is 0 Å². The average molecular weight is 499 g/mol. The number of aromatic hydroxyl groups is 4. The van der Waals surface area contributed by atoms with Crippen molar-refractivity contribution in [2.24, 2.45) is 0 Å². The topological polar surface area (TPSA) is 110 Å². The number of ether oxygens (including phenoxy) is 1. The van der Waals surface area contributed by atoms with E-state index in [4.69, 9.17) is 4.74 Å². The normalized spacial score (nSPS) is 19.7. The summed E-state index contributed by atoms with van der Waals surface area (Å²) in [5, 5.41) is 48.3. The van der Waals surface area contributed by atoms with Gasteiger partial charge in [-0.15, -0.1) is 0 Å². The molecule has 2 radical (unpaired) electrons. The fourth-order valence-electron chi connectivity index (χ4n) is 2.47. The van der Waals surface area contributed by atoms with Gasteiger partial charge in [0.25, 0.3) is 0 Å². The van der Waals surface area contributed by atoms with Gasteiger partial charge < -0.3 is 30.3 Å². The molecule has 2 aromatic rings. The van der Waals surface area contributed by atoms with Crippen molar-refractivity contribution < 1.29 is 30.3 Å². The van der Waals surface area contributed by atoms with Crippen molar-refractivity contribution in [2.75, 3.05) is 0 Å². The number of hydrogen-bond donors (Lipinski definition) is 5. The SMILES string of the molecule is Oc1cc(O)c2c(c1)O[C@H](c1ccc(O)c(O)c1)[C@H](O)C2.[PbH2]. The maximum absolute atomic E-state index is 10.2. The number of phenolic OH excluding ortho intramolecular Hbond substituents is 4. The molecule has 7 heteroatoms. The molecule has 0 aliphatic carbocycles. The van der Waals surface area contributed by atoms with Gasteiger partial charge in [-0.3, -0.25) is 0 Å². The Bertz CT molecular complexity index is 703. The minimum atomic E-state index is -0.933. The number of benzene rings is 2. The molecule has 1 aliphatic rings. The molecule has 0 amide bonds. The van der Waals surface area contributed by atoms with E-state index in [0.717, 1.165) is 0 Å². The Labute approximate surface area is 146 Å². The Kier molecular flexibility index (Phi) is 4.71. The molecular formula is C15H16O6Pb. The first-order valence-corrected chi connectivity index (χ1v) is 6.37. The summed E-state index contributed by atoms with van der Waals surface area (Å²) in [5.41, 5.74) is 0.894. The van der Waals surface area contributed by atoms with Gasteiger partial charge in [0.15, 0.2) is 11.5 Å². The van der Waals surface area contributed by atoms with Crippen LogP contribution in [-0.4, -0.2) is 58.9 Å². The van der Waals surface area contributed by atoms with Gasteiger partial charge in [0.05, 0.1) is 6.10 Å². The molecule has 0 saturated carbocycles. The molecule has 116 valence electrons. The maximum atomic E-state index is 10.2. The quantitative estimate of drug-likeness (QED) is 0.291. The van der Waals surface area contributed by atoms with E-state index in [1.54, 1.807) is 0 Å². The fraction of sp³-hybridized carbons (Fsp3) is 0.200. The van der Waals surface area contributed by atoms with Crippen LogP contribution in [-0.2, 0) is 6.42 Å². The van der Waals surface area contributed by atoms with E-state index in [9.17, 15) is 25.5 Å². The van der Waals surface area contributed by atoms with Crippen molar-refractivity contribution in [3.63, 3.8) is 0 Å². The van der Waals surface area contributed by atoms with Gasteiger partial charge in [0, 0.05) is 24.1 Å². The molecule has 5 N–H and O–H groups in total. The van der Waals surface area contributed by atoms with Gasteiger partial charge in [-0.2, -0.15) is 0 Å². The van der Waals surface area contributed by atoms with Gasteiger partial charge in [0.1, 0.15) is 23.4 Å². The second-order valence-electron chi connectivity index (χ2n) is 5.00. The van der Waals surface area contributed by atoms with Crippen LogP contribution in [0.5, 0.6) is 28.7 Å². The predicted octanol–water partition coefficient (Wildman–Crippen LogP) is 0.630. The molecule has 2 aromatic carbocycles. The minimum absolute atomic E-state index is 0. The van der Waals surface area contributed by atoms with E-state index in [1.165, 1.54) is 30.3 Å². The number of hydrogen-bond acceptors (Lipinski definition) is 6. The molecule has 6 nitrogen and oxygen atoms in total. The van der Waals surface area contributed by atoms with Crippen molar-refractivity contribution in [1.82, 2.24) is 0 Å². The van der Waals surface area contributed by atoms with Crippen molar-refractivity contribution >= 4 is 27.3 Å².